The normalized spacial score (nSPS) is 10.3. The van der Waals surface area contributed by atoms with Crippen molar-refractivity contribution in [2.45, 2.75) is 0 Å². The first-order chi connectivity index (χ1) is 11.1. The third kappa shape index (κ3) is 3.77. The molecule has 0 aliphatic rings. The molecule has 2 heterocycles. The Bertz CT molecular complexity index is 820. The highest BCUT2D eigenvalue weighted by Crippen LogP contribution is 2.28. The first kappa shape index (κ1) is 15.3. The Morgan fingerprint density at radius 3 is 2.65 bits per heavy atom. The molecule has 3 rings (SSSR count). The Morgan fingerprint density at radius 2 is 1.96 bits per heavy atom. The number of halogens is 1. The second-order valence-electron chi connectivity index (χ2n) is 4.54. The highest BCUT2D eigenvalue weighted by atomic mass is 35.5. The monoisotopic (exact) mass is 345 g/mol. The molecule has 23 heavy (non-hydrogen) atoms. The van der Waals surface area contributed by atoms with E-state index in [4.69, 9.17) is 17.3 Å². The Kier molecular flexibility index (Phi) is 4.40. The van der Waals surface area contributed by atoms with Crippen LogP contribution in [0.15, 0.2) is 48.7 Å². The molecule has 116 valence electrons. The third-order valence-corrected chi connectivity index (χ3v) is 4.06. The number of carbonyl (C=O) groups excluding carboxylic acids is 1. The van der Waals surface area contributed by atoms with Crippen LogP contribution >= 0.6 is 22.9 Å². The van der Waals surface area contributed by atoms with Crippen LogP contribution in [0.1, 0.15) is 9.67 Å². The van der Waals surface area contributed by atoms with Crippen LogP contribution in [0.25, 0.3) is 0 Å². The molecule has 6 nitrogen and oxygen atoms in total. The van der Waals surface area contributed by atoms with Gasteiger partial charge in [0.25, 0.3) is 5.91 Å². The number of nitrogens with one attached hydrogen (secondary N) is 2. The zero-order chi connectivity index (χ0) is 16.2. The molecule has 0 saturated carbocycles. The molecule has 0 unspecified atom stereocenters. The predicted molar refractivity (Wildman–Crippen MR) is 93.5 cm³/mol. The number of nitrogen functional groups attached to an aromatic ring is 1. The maximum Gasteiger partial charge on any atom is 0.270 e. The number of carbonyl (C=O) groups is 1. The number of hydrogen-bond acceptors (Lipinski definition) is 6. The molecule has 8 heteroatoms. The summed E-state index contributed by atoms with van der Waals surface area (Å²) in [6.07, 6.45) is 1.45. The molecule has 1 aromatic carbocycles. The van der Waals surface area contributed by atoms with Gasteiger partial charge in [-0.05, 0) is 24.3 Å². The van der Waals surface area contributed by atoms with Gasteiger partial charge in [0, 0.05) is 11.9 Å². The second kappa shape index (κ2) is 6.64. The van der Waals surface area contributed by atoms with Crippen LogP contribution < -0.4 is 16.4 Å². The summed E-state index contributed by atoms with van der Waals surface area (Å²) in [7, 11) is 0. The first-order valence-corrected chi connectivity index (χ1v) is 7.82. The smallest absolute Gasteiger partial charge is 0.270 e. The van der Waals surface area contributed by atoms with Crippen LogP contribution in [0.4, 0.5) is 22.5 Å². The molecule has 0 bridgehead atoms. The van der Waals surface area contributed by atoms with E-state index in [1.54, 1.807) is 12.1 Å². The summed E-state index contributed by atoms with van der Waals surface area (Å²) >= 11 is 6.93. The Hall–Kier alpha value is -2.64. The van der Waals surface area contributed by atoms with Crippen molar-refractivity contribution in [3.8, 4) is 0 Å². The van der Waals surface area contributed by atoms with Gasteiger partial charge in [0.2, 0.25) is 0 Å². The molecule has 0 saturated heterocycles. The fourth-order valence-corrected chi connectivity index (χ4v) is 2.73. The van der Waals surface area contributed by atoms with Gasteiger partial charge >= 0.3 is 0 Å². The van der Waals surface area contributed by atoms with Crippen molar-refractivity contribution in [1.82, 2.24) is 9.97 Å². The maximum absolute atomic E-state index is 12.3. The fourth-order valence-electron chi connectivity index (χ4n) is 1.82. The minimum Gasteiger partial charge on any atom is -0.382 e. The van der Waals surface area contributed by atoms with E-state index in [-0.39, 0.29) is 11.7 Å². The quantitative estimate of drug-likeness (QED) is 0.669. The van der Waals surface area contributed by atoms with E-state index in [1.807, 2.05) is 30.3 Å². The number of nitrogens with zero attached hydrogens (tertiary/aromatic N) is 2. The SMILES string of the molecule is Nc1nc(Nc2ccccc2)sc1C(=O)Nc1ccc(Cl)cn1. The van der Waals surface area contributed by atoms with Gasteiger partial charge in [0.1, 0.15) is 16.5 Å². The number of anilines is 4. The fraction of sp³-hybridized carbons (Fsp3) is 0. The van der Waals surface area contributed by atoms with Gasteiger partial charge in [0.15, 0.2) is 5.13 Å². The van der Waals surface area contributed by atoms with Gasteiger partial charge < -0.3 is 16.4 Å². The number of hydrogen-bond donors (Lipinski definition) is 3. The Morgan fingerprint density at radius 1 is 1.17 bits per heavy atom. The summed E-state index contributed by atoms with van der Waals surface area (Å²) in [5.41, 5.74) is 6.70. The minimum absolute atomic E-state index is 0.167. The molecule has 0 radical (unpaired) electrons. The van der Waals surface area contributed by atoms with Crippen molar-refractivity contribution in [3.63, 3.8) is 0 Å². The standard InChI is InChI=1S/C15H12ClN5OS/c16-9-6-7-11(18-8-9)20-14(22)12-13(17)21-15(23-12)19-10-4-2-1-3-5-10/h1-8H,17H2,(H,19,21)(H,18,20,22). The van der Waals surface area contributed by atoms with E-state index in [9.17, 15) is 4.79 Å². The van der Waals surface area contributed by atoms with Crippen molar-refractivity contribution >= 4 is 51.3 Å². The summed E-state index contributed by atoms with van der Waals surface area (Å²) < 4.78 is 0. The largest absolute Gasteiger partial charge is 0.382 e. The van der Waals surface area contributed by atoms with Crippen LogP contribution in [0.5, 0.6) is 0 Å². The Balaban J connectivity index is 1.75. The van der Waals surface area contributed by atoms with Gasteiger partial charge in [-0.3, -0.25) is 4.79 Å². The van der Waals surface area contributed by atoms with Crippen molar-refractivity contribution in [1.29, 1.82) is 0 Å². The summed E-state index contributed by atoms with van der Waals surface area (Å²) in [5, 5.41) is 6.80. The zero-order valence-corrected chi connectivity index (χ0v) is 13.4. The lowest BCUT2D eigenvalue weighted by atomic mass is 10.3. The molecule has 4 N–H and O–H groups in total. The molecule has 0 aliphatic heterocycles. The van der Waals surface area contributed by atoms with Crippen LogP contribution in [0.3, 0.4) is 0 Å². The lowest BCUT2D eigenvalue weighted by Crippen LogP contribution is -2.13. The van der Waals surface area contributed by atoms with E-state index >= 15 is 0 Å². The maximum atomic E-state index is 12.3. The number of rotatable bonds is 4. The van der Waals surface area contributed by atoms with Crippen molar-refractivity contribution in [2.24, 2.45) is 0 Å². The van der Waals surface area contributed by atoms with Crippen LogP contribution in [0.2, 0.25) is 5.02 Å². The highest BCUT2D eigenvalue weighted by molar-refractivity contribution is 7.18. The second-order valence-corrected chi connectivity index (χ2v) is 5.98. The molecule has 3 aromatic rings. The van der Waals surface area contributed by atoms with E-state index in [0.29, 0.717) is 20.8 Å². The first-order valence-electron chi connectivity index (χ1n) is 6.63. The topological polar surface area (TPSA) is 92.9 Å². The van der Waals surface area contributed by atoms with E-state index < -0.39 is 0 Å². The number of benzene rings is 1. The minimum atomic E-state index is -0.365. The molecule has 0 fully saturated rings. The molecule has 0 spiro atoms. The van der Waals surface area contributed by atoms with E-state index in [0.717, 1.165) is 5.69 Å². The van der Waals surface area contributed by atoms with Gasteiger partial charge in [-0.25, -0.2) is 9.97 Å². The van der Waals surface area contributed by atoms with Crippen molar-refractivity contribution in [2.75, 3.05) is 16.4 Å². The number of nitrogens with two attached hydrogens (primary N) is 1. The lowest BCUT2D eigenvalue weighted by molar-refractivity contribution is 0.103. The number of aromatic nitrogens is 2. The number of amides is 1. The van der Waals surface area contributed by atoms with Crippen LogP contribution in [-0.4, -0.2) is 15.9 Å². The Labute approximate surface area is 141 Å². The molecule has 0 atom stereocenters. The van der Waals surface area contributed by atoms with Crippen molar-refractivity contribution in [3.05, 3.63) is 58.6 Å². The van der Waals surface area contributed by atoms with Gasteiger partial charge in [-0.1, -0.05) is 41.1 Å². The predicted octanol–water partition coefficient (Wildman–Crippen LogP) is 3.77. The van der Waals surface area contributed by atoms with E-state index in [2.05, 4.69) is 20.6 Å². The average molecular weight is 346 g/mol. The highest BCUT2D eigenvalue weighted by Gasteiger charge is 2.17. The lowest BCUT2D eigenvalue weighted by Gasteiger charge is -2.02. The number of pyridine rings is 1. The van der Waals surface area contributed by atoms with Gasteiger partial charge in [-0.2, -0.15) is 0 Å². The zero-order valence-electron chi connectivity index (χ0n) is 11.8. The van der Waals surface area contributed by atoms with E-state index in [1.165, 1.54) is 17.5 Å². The van der Waals surface area contributed by atoms with Crippen LogP contribution in [-0.2, 0) is 0 Å². The summed E-state index contributed by atoms with van der Waals surface area (Å²) in [5.74, 6) is 0.195. The van der Waals surface area contributed by atoms with Crippen LogP contribution in [0, 0.1) is 0 Å². The summed E-state index contributed by atoms with van der Waals surface area (Å²) in [6.45, 7) is 0. The van der Waals surface area contributed by atoms with Gasteiger partial charge in [-0.15, -0.1) is 0 Å². The molecule has 1 amide bonds. The molecule has 2 aromatic heterocycles. The molecular weight excluding hydrogens is 334 g/mol. The van der Waals surface area contributed by atoms with Crippen molar-refractivity contribution < 1.29 is 4.79 Å². The third-order valence-electron chi connectivity index (χ3n) is 2.85. The van der Waals surface area contributed by atoms with Gasteiger partial charge in [0.05, 0.1) is 5.02 Å². The molecule has 0 aliphatic carbocycles. The molecular formula is C15H12ClN5OS. The number of para-hydroxylation sites is 1. The average Bonchev–Trinajstić information content (AvgIpc) is 2.91. The summed E-state index contributed by atoms with van der Waals surface area (Å²) in [4.78, 5) is 20.8. The number of thiazole rings is 1. The summed E-state index contributed by atoms with van der Waals surface area (Å²) in [6, 6.07) is 12.8.